The molecular weight excluding hydrogens is 358 g/mol. The van der Waals surface area contributed by atoms with Crippen LogP contribution in [0.5, 0.6) is 11.5 Å². The Hall–Kier alpha value is -3.26. The number of aromatic nitrogens is 4. The van der Waals surface area contributed by atoms with Gasteiger partial charge in [-0.2, -0.15) is 0 Å². The summed E-state index contributed by atoms with van der Waals surface area (Å²) in [6.45, 7) is 2.03. The molecule has 0 saturated heterocycles. The van der Waals surface area contributed by atoms with E-state index in [1.165, 1.54) is 6.33 Å². The van der Waals surface area contributed by atoms with E-state index in [1.807, 2.05) is 18.2 Å². The van der Waals surface area contributed by atoms with E-state index in [2.05, 4.69) is 24.8 Å². The molecule has 0 amide bonds. The van der Waals surface area contributed by atoms with E-state index in [9.17, 15) is 4.79 Å². The topological polar surface area (TPSA) is 93.2 Å². The quantitative estimate of drug-likeness (QED) is 0.722. The molecule has 3 aromatic rings. The van der Waals surface area contributed by atoms with E-state index in [1.54, 1.807) is 26.6 Å². The minimum Gasteiger partial charge on any atom is -0.497 e. The molecule has 0 atom stereocenters. The number of benzene rings is 1. The van der Waals surface area contributed by atoms with Gasteiger partial charge in [0.05, 0.1) is 31.0 Å². The van der Waals surface area contributed by atoms with Crippen LogP contribution in [0.1, 0.15) is 16.8 Å². The SMILES string of the molecule is COc1ccc(CN2CCc3nc(-c4cncnc4)[nH]c(=O)c3C2)c(OC)c1. The Balaban J connectivity index is 1.57. The second-order valence-corrected chi connectivity index (χ2v) is 6.61. The molecule has 0 spiro atoms. The number of rotatable bonds is 5. The highest BCUT2D eigenvalue weighted by atomic mass is 16.5. The molecule has 0 fully saturated rings. The first-order valence-corrected chi connectivity index (χ1v) is 8.98. The average Bonchev–Trinajstić information content (AvgIpc) is 2.75. The number of methoxy groups -OCH3 is 2. The summed E-state index contributed by atoms with van der Waals surface area (Å²) in [4.78, 5) is 30.3. The molecule has 8 nitrogen and oxygen atoms in total. The van der Waals surface area contributed by atoms with Gasteiger partial charge >= 0.3 is 0 Å². The standard InChI is InChI=1S/C20H21N5O3/c1-27-15-4-3-13(18(7-15)28-2)10-25-6-5-17-16(11-25)20(26)24-19(23-17)14-8-21-12-22-9-14/h3-4,7-9,12H,5-6,10-11H2,1-2H3,(H,23,24,26). The molecule has 0 aliphatic carbocycles. The minimum absolute atomic E-state index is 0.116. The molecule has 1 aliphatic rings. The van der Waals surface area contributed by atoms with Gasteiger partial charge in [-0.05, 0) is 6.07 Å². The number of hydrogen-bond donors (Lipinski definition) is 1. The minimum atomic E-state index is -0.116. The normalized spacial score (nSPS) is 13.8. The van der Waals surface area contributed by atoms with E-state index in [4.69, 9.17) is 9.47 Å². The largest absolute Gasteiger partial charge is 0.497 e. The van der Waals surface area contributed by atoms with Gasteiger partial charge in [0, 0.05) is 50.1 Å². The third-order valence-electron chi connectivity index (χ3n) is 4.87. The summed E-state index contributed by atoms with van der Waals surface area (Å²) in [7, 11) is 3.28. The Morgan fingerprint density at radius 3 is 2.75 bits per heavy atom. The molecular formula is C20H21N5O3. The highest BCUT2D eigenvalue weighted by Crippen LogP contribution is 2.27. The summed E-state index contributed by atoms with van der Waals surface area (Å²) >= 11 is 0. The third kappa shape index (κ3) is 3.59. The highest BCUT2D eigenvalue weighted by molar-refractivity contribution is 5.52. The van der Waals surface area contributed by atoms with Gasteiger partial charge in [-0.3, -0.25) is 9.69 Å². The van der Waals surface area contributed by atoms with Crippen LogP contribution in [0.25, 0.3) is 11.4 Å². The summed E-state index contributed by atoms with van der Waals surface area (Å²) in [5, 5.41) is 0. The van der Waals surface area contributed by atoms with Crippen molar-refractivity contribution < 1.29 is 9.47 Å². The molecule has 0 saturated carbocycles. The Bertz CT molecular complexity index is 1040. The zero-order valence-electron chi connectivity index (χ0n) is 15.8. The lowest BCUT2D eigenvalue weighted by Gasteiger charge is -2.28. The zero-order valence-corrected chi connectivity index (χ0v) is 15.8. The second-order valence-electron chi connectivity index (χ2n) is 6.61. The Morgan fingerprint density at radius 1 is 1.18 bits per heavy atom. The van der Waals surface area contributed by atoms with Crippen LogP contribution in [0.15, 0.2) is 41.7 Å². The monoisotopic (exact) mass is 379 g/mol. The number of aromatic amines is 1. The first-order chi connectivity index (χ1) is 13.7. The smallest absolute Gasteiger partial charge is 0.255 e. The lowest BCUT2D eigenvalue weighted by atomic mass is 10.1. The molecule has 8 heteroatoms. The lowest BCUT2D eigenvalue weighted by Crippen LogP contribution is -2.35. The van der Waals surface area contributed by atoms with Crippen molar-refractivity contribution in [2.24, 2.45) is 0 Å². The third-order valence-corrected chi connectivity index (χ3v) is 4.87. The first-order valence-electron chi connectivity index (χ1n) is 8.98. The molecule has 4 rings (SSSR count). The van der Waals surface area contributed by atoms with Crippen molar-refractivity contribution in [3.63, 3.8) is 0 Å². The number of ether oxygens (including phenoxy) is 2. The van der Waals surface area contributed by atoms with Crippen molar-refractivity contribution in [3.05, 3.63) is 64.1 Å². The van der Waals surface area contributed by atoms with Crippen molar-refractivity contribution in [1.29, 1.82) is 0 Å². The summed E-state index contributed by atoms with van der Waals surface area (Å²) in [5.41, 5.74) is 3.18. The van der Waals surface area contributed by atoms with Crippen LogP contribution < -0.4 is 15.0 Å². The van der Waals surface area contributed by atoms with Crippen molar-refractivity contribution in [3.8, 4) is 22.9 Å². The second kappa shape index (κ2) is 7.77. The van der Waals surface area contributed by atoms with Crippen molar-refractivity contribution >= 4 is 0 Å². The van der Waals surface area contributed by atoms with Crippen LogP contribution in [0.3, 0.4) is 0 Å². The van der Waals surface area contributed by atoms with Crippen LogP contribution in [0.2, 0.25) is 0 Å². The summed E-state index contributed by atoms with van der Waals surface area (Å²) in [6, 6.07) is 5.78. The molecule has 2 aromatic heterocycles. The molecule has 1 N–H and O–H groups in total. The van der Waals surface area contributed by atoms with Gasteiger partial charge in [0.2, 0.25) is 0 Å². The van der Waals surface area contributed by atoms with E-state index >= 15 is 0 Å². The van der Waals surface area contributed by atoms with Crippen molar-refractivity contribution in [2.75, 3.05) is 20.8 Å². The number of nitrogens with one attached hydrogen (secondary N) is 1. The van der Waals surface area contributed by atoms with Gasteiger partial charge in [-0.15, -0.1) is 0 Å². The number of hydrogen-bond acceptors (Lipinski definition) is 7. The molecule has 0 bridgehead atoms. The predicted octanol–water partition coefficient (Wildman–Crippen LogP) is 1.80. The van der Waals surface area contributed by atoms with Gasteiger partial charge in [0.1, 0.15) is 23.7 Å². The van der Waals surface area contributed by atoms with Gasteiger partial charge in [0.15, 0.2) is 0 Å². The van der Waals surface area contributed by atoms with Crippen molar-refractivity contribution in [1.82, 2.24) is 24.8 Å². The molecule has 0 unspecified atom stereocenters. The van der Waals surface area contributed by atoms with Gasteiger partial charge < -0.3 is 14.5 Å². The van der Waals surface area contributed by atoms with Crippen LogP contribution in [0, 0.1) is 0 Å². The van der Waals surface area contributed by atoms with Gasteiger partial charge in [0.25, 0.3) is 5.56 Å². The predicted molar refractivity (Wildman–Crippen MR) is 103 cm³/mol. The fraction of sp³-hybridized carbons (Fsp3) is 0.300. The average molecular weight is 379 g/mol. The zero-order chi connectivity index (χ0) is 19.5. The van der Waals surface area contributed by atoms with Crippen LogP contribution in [-0.4, -0.2) is 45.6 Å². The number of nitrogens with zero attached hydrogens (tertiary/aromatic N) is 4. The Kier molecular flexibility index (Phi) is 5.03. The number of H-pyrrole nitrogens is 1. The Morgan fingerprint density at radius 2 is 2.00 bits per heavy atom. The maximum atomic E-state index is 12.7. The van der Waals surface area contributed by atoms with E-state index in [-0.39, 0.29) is 5.56 Å². The molecule has 144 valence electrons. The maximum absolute atomic E-state index is 12.7. The van der Waals surface area contributed by atoms with E-state index in [0.29, 0.717) is 36.5 Å². The maximum Gasteiger partial charge on any atom is 0.255 e. The summed E-state index contributed by atoms with van der Waals surface area (Å²) < 4.78 is 10.7. The van der Waals surface area contributed by atoms with Crippen LogP contribution >= 0.6 is 0 Å². The highest BCUT2D eigenvalue weighted by Gasteiger charge is 2.22. The van der Waals surface area contributed by atoms with E-state index < -0.39 is 0 Å². The fourth-order valence-electron chi connectivity index (χ4n) is 3.40. The first kappa shape index (κ1) is 18.1. The summed E-state index contributed by atoms with van der Waals surface area (Å²) in [5.74, 6) is 2.04. The fourth-order valence-corrected chi connectivity index (χ4v) is 3.40. The lowest BCUT2D eigenvalue weighted by molar-refractivity contribution is 0.238. The molecule has 0 radical (unpaired) electrons. The molecule has 1 aliphatic heterocycles. The number of fused-ring (bicyclic) bond motifs is 1. The molecule has 28 heavy (non-hydrogen) atoms. The molecule has 1 aromatic carbocycles. The Labute approximate surface area is 162 Å². The summed E-state index contributed by atoms with van der Waals surface area (Å²) in [6.07, 6.45) is 5.44. The van der Waals surface area contributed by atoms with Gasteiger partial charge in [-0.25, -0.2) is 15.0 Å². The van der Waals surface area contributed by atoms with E-state index in [0.717, 1.165) is 29.3 Å². The van der Waals surface area contributed by atoms with Crippen LogP contribution in [0.4, 0.5) is 0 Å². The van der Waals surface area contributed by atoms with Gasteiger partial charge in [-0.1, -0.05) is 6.07 Å². The van der Waals surface area contributed by atoms with Crippen molar-refractivity contribution in [2.45, 2.75) is 19.5 Å². The molecule has 3 heterocycles. The van der Waals surface area contributed by atoms with Crippen LogP contribution in [-0.2, 0) is 19.5 Å².